The molecule has 1 aliphatic rings. The van der Waals surface area contributed by atoms with Crippen molar-refractivity contribution in [2.24, 2.45) is 0 Å². The second-order valence-corrected chi connectivity index (χ2v) is 6.79. The number of halogens is 1. The molecule has 1 unspecified atom stereocenters. The van der Waals surface area contributed by atoms with Crippen LogP contribution in [0.4, 0.5) is 0 Å². The van der Waals surface area contributed by atoms with E-state index in [1.165, 1.54) is 0 Å². The first-order chi connectivity index (χ1) is 12.2. The Kier molecular flexibility index (Phi) is 4.31. The fourth-order valence-electron chi connectivity index (χ4n) is 2.94. The Morgan fingerprint density at radius 2 is 2.04 bits per heavy atom. The highest BCUT2D eigenvalue weighted by molar-refractivity contribution is 9.10. The van der Waals surface area contributed by atoms with E-state index >= 15 is 0 Å². The van der Waals surface area contributed by atoms with Crippen LogP contribution in [0.2, 0.25) is 0 Å². The zero-order valence-corrected chi connectivity index (χ0v) is 14.9. The molecular formula is C18H15BrN4O2. The van der Waals surface area contributed by atoms with E-state index in [-0.39, 0.29) is 11.9 Å². The van der Waals surface area contributed by atoms with E-state index in [2.05, 4.69) is 31.1 Å². The number of hydrogen-bond acceptors (Lipinski definition) is 5. The van der Waals surface area contributed by atoms with Crippen molar-refractivity contribution in [1.29, 1.82) is 0 Å². The summed E-state index contributed by atoms with van der Waals surface area (Å²) in [7, 11) is 0. The number of likely N-dealkylation sites (tertiary alicyclic amines) is 1. The highest BCUT2D eigenvalue weighted by Crippen LogP contribution is 2.34. The van der Waals surface area contributed by atoms with E-state index < -0.39 is 0 Å². The molecule has 1 atom stereocenters. The molecule has 1 fully saturated rings. The summed E-state index contributed by atoms with van der Waals surface area (Å²) >= 11 is 3.42. The number of nitrogens with zero attached hydrogens (tertiary/aromatic N) is 4. The molecular weight excluding hydrogens is 384 g/mol. The summed E-state index contributed by atoms with van der Waals surface area (Å²) in [4.78, 5) is 22.8. The van der Waals surface area contributed by atoms with Gasteiger partial charge in [-0.2, -0.15) is 4.98 Å². The lowest BCUT2D eigenvalue weighted by Crippen LogP contribution is -2.27. The molecule has 126 valence electrons. The number of carbonyl (C=O) groups is 1. The number of amides is 1. The van der Waals surface area contributed by atoms with Crippen LogP contribution in [-0.2, 0) is 11.3 Å². The van der Waals surface area contributed by atoms with Gasteiger partial charge in [0.2, 0.25) is 17.6 Å². The molecule has 0 aliphatic carbocycles. The lowest BCUT2D eigenvalue weighted by atomic mass is 10.2. The van der Waals surface area contributed by atoms with Gasteiger partial charge in [0.1, 0.15) is 11.7 Å². The summed E-state index contributed by atoms with van der Waals surface area (Å²) in [6, 6.07) is 13.3. The zero-order chi connectivity index (χ0) is 17.2. The van der Waals surface area contributed by atoms with Crippen LogP contribution in [0.5, 0.6) is 0 Å². The topological polar surface area (TPSA) is 72.1 Å². The summed E-state index contributed by atoms with van der Waals surface area (Å²) in [5.41, 5.74) is 1.72. The van der Waals surface area contributed by atoms with Crippen LogP contribution in [0.25, 0.3) is 11.5 Å². The SMILES string of the molecule is O=C1CCC(c2nc(-c3ccccn3)no2)N1Cc1ccc(Br)cc1. The minimum atomic E-state index is -0.193. The predicted octanol–water partition coefficient (Wildman–Crippen LogP) is 3.76. The lowest BCUT2D eigenvalue weighted by Gasteiger charge is -2.22. The molecule has 3 aromatic rings. The minimum absolute atomic E-state index is 0.102. The zero-order valence-electron chi connectivity index (χ0n) is 13.3. The van der Waals surface area contributed by atoms with Gasteiger partial charge in [-0.15, -0.1) is 0 Å². The van der Waals surface area contributed by atoms with Crippen molar-refractivity contribution in [3.05, 3.63) is 64.6 Å². The number of pyridine rings is 1. The smallest absolute Gasteiger partial charge is 0.249 e. The maximum Gasteiger partial charge on any atom is 0.249 e. The van der Waals surface area contributed by atoms with Crippen molar-refractivity contribution >= 4 is 21.8 Å². The van der Waals surface area contributed by atoms with Gasteiger partial charge in [-0.1, -0.05) is 39.3 Å². The van der Waals surface area contributed by atoms with E-state index in [0.29, 0.717) is 36.8 Å². The van der Waals surface area contributed by atoms with Gasteiger partial charge in [0.15, 0.2) is 0 Å². The Hall–Kier alpha value is -2.54. The first-order valence-electron chi connectivity index (χ1n) is 7.99. The number of rotatable bonds is 4. The van der Waals surface area contributed by atoms with Crippen molar-refractivity contribution in [3.63, 3.8) is 0 Å². The van der Waals surface area contributed by atoms with Gasteiger partial charge in [-0.05, 0) is 36.2 Å². The maximum atomic E-state index is 12.3. The third kappa shape index (κ3) is 3.32. The molecule has 7 heteroatoms. The Bertz CT molecular complexity index is 880. The number of hydrogen-bond donors (Lipinski definition) is 0. The molecule has 2 aromatic heterocycles. The average Bonchev–Trinajstić information content (AvgIpc) is 3.25. The standard InChI is InChI=1S/C18H15BrN4O2/c19-13-6-4-12(5-7-13)11-23-15(8-9-16(23)24)18-21-17(22-25-18)14-3-1-2-10-20-14/h1-7,10,15H,8-9,11H2. The first kappa shape index (κ1) is 16.0. The van der Waals surface area contributed by atoms with E-state index in [1.807, 2.05) is 42.5 Å². The Labute approximate surface area is 153 Å². The number of aromatic nitrogens is 3. The Balaban J connectivity index is 1.57. The van der Waals surface area contributed by atoms with Crippen molar-refractivity contribution in [3.8, 4) is 11.5 Å². The van der Waals surface area contributed by atoms with Crippen LogP contribution in [0.3, 0.4) is 0 Å². The van der Waals surface area contributed by atoms with Crippen LogP contribution in [0, 0.1) is 0 Å². The molecule has 1 amide bonds. The van der Waals surface area contributed by atoms with Gasteiger partial charge in [-0.25, -0.2) is 0 Å². The summed E-state index contributed by atoms with van der Waals surface area (Å²) in [5, 5.41) is 4.02. The highest BCUT2D eigenvalue weighted by Gasteiger charge is 2.36. The second-order valence-electron chi connectivity index (χ2n) is 5.87. The number of carbonyl (C=O) groups excluding carboxylic acids is 1. The molecule has 6 nitrogen and oxygen atoms in total. The molecule has 1 saturated heterocycles. The molecule has 0 radical (unpaired) electrons. The molecule has 4 rings (SSSR count). The number of benzene rings is 1. The van der Waals surface area contributed by atoms with Gasteiger partial charge in [0.25, 0.3) is 0 Å². The van der Waals surface area contributed by atoms with Crippen molar-refractivity contribution in [2.75, 3.05) is 0 Å². The quantitative estimate of drug-likeness (QED) is 0.668. The lowest BCUT2D eigenvalue weighted by molar-refractivity contribution is -0.129. The summed E-state index contributed by atoms with van der Waals surface area (Å²) in [5.74, 6) is 1.01. The molecule has 0 bridgehead atoms. The molecule has 3 heterocycles. The highest BCUT2D eigenvalue weighted by atomic mass is 79.9. The van der Waals surface area contributed by atoms with E-state index in [0.717, 1.165) is 10.0 Å². The van der Waals surface area contributed by atoms with Crippen molar-refractivity contribution in [1.82, 2.24) is 20.0 Å². The van der Waals surface area contributed by atoms with Gasteiger partial charge >= 0.3 is 0 Å². The predicted molar refractivity (Wildman–Crippen MR) is 94.2 cm³/mol. The minimum Gasteiger partial charge on any atom is -0.337 e. The van der Waals surface area contributed by atoms with Gasteiger partial charge < -0.3 is 9.42 Å². The summed E-state index contributed by atoms with van der Waals surface area (Å²) < 4.78 is 6.45. The second kappa shape index (κ2) is 6.76. The molecule has 0 spiro atoms. The van der Waals surface area contributed by atoms with Crippen molar-refractivity contribution < 1.29 is 9.32 Å². The van der Waals surface area contributed by atoms with Gasteiger partial charge in [0.05, 0.1) is 0 Å². The van der Waals surface area contributed by atoms with Crippen LogP contribution in [0.15, 0.2) is 57.7 Å². The fourth-order valence-corrected chi connectivity index (χ4v) is 3.21. The molecule has 1 aliphatic heterocycles. The van der Waals surface area contributed by atoms with Gasteiger partial charge in [0, 0.05) is 23.6 Å². The first-order valence-corrected chi connectivity index (χ1v) is 8.79. The van der Waals surface area contributed by atoms with Crippen molar-refractivity contribution in [2.45, 2.75) is 25.4 Å². The van der Waals surface area contributed by atoms with Crippen LogP contribution in [-0.4, -0.2) is 25.9 Å². The average molecular weight is 399 g/mol. The van der Waals surface area contributed by atoms with Crippen LogP contribution < -0.4 is 0 Å². The summed E-state index contributed by atoms with van der Waals surface area (Å²) in [6.45, 7) is 0.526. The third-order valence-electron chi connectivity index (χ3n) is 4.22. The monoisotopic (exact) mass is 398 g/mol. The van der Waals surface area contributed by atoms with Crippen LogP contribution in [0.1, 0.15) is 30.3 Å². The fraction of sp³-hybridized carbons (Fsp3) is 0.222. The van der Waals surface area contributed by atoms with E-state index in [4.69, 9.17) is 4.52 Å². The largest absolute Gasteiger partial charge is 0.337 e. The molecule has 25 heavy (non-hydrogen) atoms. The van der Waals surface area contributed by atoms with Gasteiger partial charge in [-0.3, -0.25) is 9.78 Å². The Morgan fingerprint density at radius 1 is 1.20 bits per heavy atom. The molecule has 1 aromatic carbocycles. The molecule has 0 N–H and O–H groups in total. The van der Waals surface area contributed by atoms with E-state index in [1.54, 1.807) is 11.1 Å². The third-order valence-corrected chi connectivity index (χ3v) is 4.74. The maximum absolute atomic E-state index is 12.3. The normalized spacial score (nSPS) is 17.2. The van der Waals surface area contributed by atoms with E-state index in [9.17, 15) is 4.79 Å². The summed E-state index contributed by atoms with van der Waals surface area (Å²) in [6.07, 6.45) is 2.85. The van der Waals surface area contributed by atoms with Crippen LogP contribution >= 0.6 is 15.9 Å². The molecule has 0 saturated carbocycles. The Morgan fingerprint density at radius 3 is 2.80 bits per heavy atom.